The van der Waals surface area contributed by atoms with Gasteiger partial charge < -0.3 is 14.6 Å². The highest BCUT2D eigenvalue weighted by Gasteiger charge is 2.17. The van der Waals surface area contributed by atoms with Gasteiger partial charge in [-0.1, -0.05) is 25.5 Å². The van der Waals surface area contributed by atoms with E-state index in [-0.39, 0.29) is 11.5 Å². The molecule has 0 bridgehead atoms. The van der Waals surface area contributed by atoms with E-state index >= 15 is 0 Å². The Morgan fingerprint density at radius 1 is 1.41 bits per heavy atom. The summed E-state index contributed by atoms with van der Waals surface area (Å²) >= 11 is 0. The molecule has 0 fully saturated rings. The van der Waals surface area contributed by atoms with E-state index in [0.717, 1.165) is 12.8 Å². The molecule has 0 aliphatic rings. The fourth-order valence-electron chi connectivity index (χ4n) is 1.23. The molecule has 1 atom stereocenters. The number of ether oxygens (including phenoxy) is 2. The SMILES string of the molecule is CCCCOC(=O)C(C)Oc1ccccc1O. The Labute approximate surface area is 101 Å². The highest BCUT2D eigenvalue weighted by atomic mass is 16.6. The third-order valence-electron chi connectivity index (χ3n) is 2.24. The normalized spacial score (nSPS) is 11.9. The summed E-state index contributed by atoms with van der Waals surface area (Å²) in [5, 5.41) is 9.48. The fraction of sp³-hybridized carbons (Fsp3) is 0.462. The summed E-state index contributed by atoms with van der Waals surface area (Å²) in [5.41, 5.74) is 0. The lowest BCUT2D eigenvalue weighted by Gasteiger charge is -2.14. The second-order valence-electron chi connectivity index (χ2n) is 3.75. The van der Waals surface area contributed by atoms with Crippen LogP contribution in [0, 0.1) is 0 Å². The number of unbranched alkanes of at least 4 members (excludes halogenated alkanes) is 1. The minimum Gasteiger partial charge on any atom is -0.504 e. The molecule has 0 aliphatic carbocycles. The monoisotopic (exact) mass is 238 g/mol. The molecule has 0 saturated heterocycles. The number of aromatic hydroxyl groups is 1. The minimum absolute atomic E-state index is 0.0145. The van der Waals surface area contributed by atoms with Crippen LogP contribution < -0.4 is 4.74 Å². The summed E-state index contributed by atoms with van der Waals surface area (Å²) in [6.45, 7) is 4.03. The summed E-state index contributed by atoms with van der Waals surface area (Å²) in [6.07, 6.45) is 1.09. The Hall–Kier alpha value is -1.71. The number of phenolic OH excluding ortho intramolecular Hbond substituents is 1. The maximum atomic E-state index is 11.5. The molecule has 4 nitrogen and oxygen atoms in total. The van der Waals surface area contributed by atoms with Gasteiger partial charge in [0.15, 0.2) is 17.6 Å². The molecule has 4 heteroatoms. The highest BCUT2D eigenvalue weighted by molar-refractivity contribution is 5.74. The Morgan fingerprint density at radius 2 is 2.12 bits per heavy atom. The van der Waals surface area contributed by atoms with Gasteiger partial charge in [0.2, 0.25) is 0 Å². The molecule has 1 N–H and O–H groups in total. The van der Waals surface area contributed by atoms with Crippen LogP contribution in [0.15, 0.2) is 24.3 Å². The minimum atomic E-state index is -0.722. The van der Waals surface area contributed by atoms with Crippen LogP contribution >= 0.6 is 0 Å². The van der Waals surface area contributed by atoms with Gasteiger partial charge in [0.25, 0.3) is 0 Å². The molecule has 94 valence electrons. The van der Waals surface area contributed by atoms with Gasteiger partial charge in [-0.05, 0) is 25.5 Å². The molecular weight excluding hydrogens is 220 g/mol. The van der Waals surface area contributed by atoms with Gasteiger partial charge in [-0.25, -0.2) is 4.79 Å². The lowest BCUT2D eigenvalue weighted by molar-refractivity contribution is -0.151. The molecular formula is C13H18O4. The summed E-state index contributed by atoms with van der Waals surface area (Å²) in [5.74, 6) is -0.116. The van der Waals surface area contributed by atoms with Crippen molar-refractivity contribution in [2.24, 2.45) is 0 Å². The van der Waals surface area contributed by atoms with Crippen molar-refractivity contribution in [1.82, 2.24) is 0 Å². The third-order valence-corrected chi connectivity index (χ3v) is 2.24. The topological polar surface area (TPSA) is 55.8 Å². The van der Waals surface area contributed by atoms with Crippen LogP contribution in [0.5, 0.6) is 11.5 Å². The highest BCUT2D eigenvalue weighted by Crippen LogP contribution is 2.25. The summed E-state index contributed by atoms with van der Waals surface area (Å²) in [6, 6.07) is 6.52. The van der Waals surface area contributed by atoms with Gasteiger partial charge in [-0.2, -0.15) is 0 Å². The maximum absolute atomic E-state index is 11.5. The van der Waals surface area contributed by atoms with Crippen LogP contribution in [0.4, 0.5) is 0 Å². The second-order valence-corrected chi connectivity index (χ2v) is 3.75. The molecule has 1 rings (SSSR count). The molecule has 0 heterocycles. The number of benzene rings is 1. The van der Waals surface area contributed by atoms with Crippen molar-refractivity contribution in [2.45, 2.75) is 32.8 Å². The van der Waals surface area contributed by atoms with Crippen molar-refractivity contribution in [3.05, 3.63) is 24.3 Å². The number of hydrogen-bond acceptors (Lipinski definition) is 4. The van der Waals surface area contributed by atoms with E-state index in [0.29, 0.717) is 6.61 Å². The standard InChI is InChI=1S/C13H18O4/c1-3-4-9-16-13(15)10(2)17-12-8-6-5-7-11(12)14/h5-8,10,14H,3-4,9H2,1-2H3. The van der Waals surface area contributed by atoms with E-state index < -0.39 is 12.1 Å². The van der Waals surface area contributed by atoms with Gasteiger partial charge in [-0.3, -0.25) is 0 Å². The van der Waals surface area contributed by atoms with Crippen LogP contribution in [0.1, 0.15) is 26.7 Å². The summed E-state index contributed by atoms with van der Waals surface area (Å²) < 4.78 is 10.3. The van der Waals surface area contributed by atoms with Crippen LogP contribution in [-0.4, -0.2) is 23.8 Å². The van der Waals surface area contributed by atoms with Gasteiger partial charge in [0.1, 0.15) is 0 Å². The molecule has 1 aromatic carbocycles. The first kappa shape index (κ1) is 13.4. The Kier molecular flexibility index (Phi) is 5.33. The van der Waals surface area contributed by atoms with Crippen molar-refractivity contribution >= 4 is 5.97 Å². The summed E-state index contributed by atoms with van der Waals surface area (Å²) in [7, 11) is 0. The summed E-state index contributed by atoms with van der Waals surface area (Å²) in [4.78, 5) is 11.5. The number of carbonyl (C=O) groups is 1. The third kappa shape index (κ3) is 4.34. The lowest BCUT2D eigenvalue weighted by atomic mass is 10.3. The van der Waals surface area contributed by atoms with Crippen molar-refractivity contribution in [3.63, 3.8) is 0 Å². The average molecular weight is 238 g/mol. The number of hydrogen-bond donors (Lipinski definition) is 1. The smallest absolute Gasteiger partial charge is 0.347 e. The fourth-order valence-corrected chi connectivity index (χ4v) is 1.23. The van der Waals surface area contributed by atoms with Crippen molar-refractivity contribution < 1.29 is 19.4 Å². The molecule has 0 spiro atoms. The number of rotatable bonds is 6. The molecule has 0 aliphatic heterocycles. The predicted octanol–water partition coefficient (Wildman–Crippen LogP) is 2.50. The molecule has 1 aromatic rings. The quantitative estimate of drug-likeness (QED) is 0.611. The van der Waals surface area contributed by atoms with Crippen molar-refractivity contribution in [1.29, 1.82) is 0 Å². The second kappa shape index (κ2) is 6.78. The van der Waals surface area contributed by atoms with E-state index in [4.69, 9.17) is 9.47 Å². The zero-order valence-electron chi connectivity index (χ0n) is 10.2. The Morgan fingerprint density at radius 3 is 2.76 bits per heavy atom. The van der Waals surface area contributed by atoms with E-state index in [1.807, 2.05) is 6.92 Å². The lowest BCUT2D eigenvalue weighted by Crippen LogP contribution is -2.26. The molecule has 1 unspecified atom stereocenters. The molecule has 0 amide bonds. The van der Waals surface area contributed by atoms with Crippen LogP contribution in [0.25, 0.3) is 0 Å². The maximum Gasteiger partial charge on any atom is 0.347 e. The number of carbonyl (C=O) groups excluding carboxylic acids is 1. The first-order valence-electron chi connectivity index (χ1n) is 5.76. The number of para-hydroxylation sites is 2. The van der Waals surface area contributed by atoms with E-state index in [1.165, 1.54) is 6.07 Å². The first-order valence-corrected chi connectivity index (χ1v) is 5.76. The van der Waals surface area contributed by atoms with E-state index in [9.17, 15) is 9.90 Å². The largest absolute Gasteiger partial charge is 0.504 e. The zero-order chi connectivity index (χ0) is 12.7. The zero-order valence-corrected chi connectivity index (χ0v) is 10.2. The molecule has 0 aromatic heterocycles. The van der Waals surface area contributed by atoms with E-state index in [2.05, 4.69) is 0 Å². The number of phenols is 1. The average Bonchev–Trinajstić information content (AvgIpc) is 2.32. The predicted molar refractivity (Wildman–Crippen MR) is 64.1 cm³/mol. The first-order chi connectivity index (χ1) is 8.15. The number of esters is 1. The Balaban J connectivity index is 2.46. The van der Waals surface area contributed by atoms with E-state index in [1.54, 1.807) is 25.1 Å². The van der Waals surface area contributed by atoms with Gasteiger partial charge in [0.05, 0.1) is 6.61 Å². The van der Waals surface area contributed by atoms with Gasteiger partial charge >= 0.3 is 5.97 Å². The molecule has 0 radical (unpaired) electrons. The van der Waals surface area contributed by atoms with Crippen molar-refractivity contribution in [2.75, 3.05) is 6.61 Å². The van der Waals surface area contributed by atoms with Crippen LogP contribution in [0.2, 0.25) is 0 Å². The van der Waals surface area contributed by atoms with Gasteiger partial charge in [0, 0.05) is 0 Å². The van der Waals surface area contributed by atoms with Gasteiger partial charge in [-0.15, -0.1) is 0 Å². The van der Waals surface area contributed by atoms with Crippen LogP contribution in [0.3, 0.4) is 0 Å². The molecule has 0 saturated carbocycles. The van der Waals surface area contributed by atoms with Crippen molar-refractivity contribution in [3.8, 4) is 11.5 Å². The molecule has 17 heavy (non-hydrogen) atoms. The van der Waals surface area contributed by atoms with Crippen LogP contribution in [-0.2, 0) is 9.53 Å². The Bertz CT molecular complexity index is 362.